The van der Waals surface area contributed by atoms with Gasteiger partial charge in [0.05, 0.1) is 34.6 Å². The van der Waals surface area contributed by atoms with Gasteiger partial charge in [-0.05, 0) is 119 Å². The van der Waals surface area contributed by atoms with Crippen LogP contribution in [-0.2, 0) is 32.4 Å². The van der Waals surface area contributed by atoms with Gasteiger partial charge in [-0.15, -0.1) is 0 Å². The van der Waals surface area contributed by atoms with Crippen molar-refractivity contribution >= 4 is 81.8 Å². The molecule has 26 nitrogen and oxygen atoms in total. The quantitative estimate of drug-likeness (QED) is 0.0480. The second-order valence-corrected chi connectivity index (χ2v) is 17.8. The molecule has 0 spiro atoms. The zero-order valence-electron chi connectivity index (χ0n) is 42.3. The van der Waals surface area contributed by atoms with E-state index in [1.165, 1.54) is 67.6 Å². The molecule has 0 aromatic heterocycles. The second-order valence-electron chi connectivity index (χ2n) is 17.8. The van der Waals surface area contributed by atoms with Crippen molar-refractivity contribution in [3.05, 3.63) is 106 Å². The van der Waals surface area contributed by atoms with Gasteiger partial charge in [-0.25, -0.2) is 9.98 Å². The minimum atomic E-state index is -1.39. The fraction of sp³-hybridized carbons (Fsp3) is 0.333. The number of benzene rings is 4. The van der Waals surface area contributed by atoms with E-state index in [0.29, 0.717) is 67.7 Å². The molecule has 2 aliphatic rings. The molecule has 4 aromatic carbocycles. The van der Waals surface area contributed by atoms with Gasteiger partial charge in [0.25, 0.3) is 11.8 Å². The van der Waals surface area contributed by atoms with E-state index in [1.54, 1.807) is 12.1 Å². The van der Waals surface area contributed by atoms with Crippen LogP contribution in [0.5, 0.6) is 11.5 Å². The molecule has 0 unspecified atom stereocenters. The first-order valence-corrected chi connectivity index (χ1v) is 24.4. The van der Waals surface area contributed by atoms with E-state index in [2.05, 4.69) is 36.6 Å². The number of nitrogens with zero attached hydrogens (tertiary/aromatic N) is 2. The van der Waals surface area contributed by atoms with Crippen molar-refractivity contribution < 1.29 is 52.9 Å². The van der Waals surface area contributed by atoms with Crippen LogP contribution >= 0.6 is 0 Å². The lowest BCUT2D eigenvalue weighted by molar-refractivity contribution is -0.130. The van der Waals surface area contributed by atoms with Crippen molar-refractivity contribution in [2.24, 2.45) is 55.9 Å². The lowest BCUT2D eigenvalue weighted by Gasteiger charge is -2.26. The summed E-state index contributed by atoms with van der Waals surface area (Å²) in [5.41, 5.74) is 46.4. The van der Waals surface area contributed by atoms with Crippen LogP contribution in [0.1, 0.15) is 111 Å². The lowest BCUT2D eigenvalue weighted by atomic mass is 10.0. The maximum Gasteiger partial charge on any atom is 0.255 e. The largest absolute Gasteiger partial charge is 0.488 e. The fourth-order valence-corrected chi connectivity index (χ4v) is 7.87. The molecule has 4 aromatic rings. The summed E-state index contributed by atoms with van der Waals surface area (Å²) in [7, 11) is 0. The van der Waals surface area contributed by atoms with Crippen LogP contribution in [0.15, 0.2) is 82.8 Å². The highest BCUT2D eigenvalue weighted by Crippen LogP contribution is 2.30. The molecule has 2 heterocycles. The summed E-state index contributed by atoms with van der Waals surface area (Å²) < 4.78 is 11.9. The third-order valence-electron chi connectivity index (χ3n) is 11.9. The summed E-state index contributed by atoms with van der Waals surface area (Å²) >= 11 is 0. The molecule has 26 heteroatoms. The summed E-state index contributed by atoms with van der Waals surface area (Å²) in [4.78, 5) is 110. The molecular formula is C51H65N15O11. The van der Waals surface area contributed by atoms with Crippen LogP contribution in [0.25, 0.3) is 0 Å². The number of nitrogens with two attached hydrogens (primary N) is 8. The minimum Gasteiger partial charge on any atom is -0.488 e. The monoisotopic (exact) mass is 1060 g/mol. The number of carbonyl (C=O) groups is 8. The van der Waals surface area contributed by atoms with E-state index < -0.39 is 65.6 Å². The van der Waals surface area contributed by atoms with E-state index in [4.69, 9.17) is 55.3 Å². The van der Waals surface area contributed by atoms with Gasteiger partial charge in [-0.3, -0.25) is 38.4 Å². The van der Waals surface area contributed by atoms with Crippen molar-refractivity contribution in [3.63, 3.8) is 0 Å². The first-order chi connectivity index (χ1) is 36.7. The predicted octanol–water partition coefficient (Wildman–Crippen LogP) is 0.113. The van der Waals surface area contributed by atoms with Crippen LogP contribution in [-0.4, -0.2) is 101 Å². The highest BCUT2D eigenvalue weighted by atomic mass is 16.5. The fourth-order valence-electron chi connectivity index (χ4n) is 7.87. The summed E-state index contributed by atoms with van der Waals surface area (Å²) in [6, 6.07) is 14.6. The number of aliphatic imine (C=N–C) groups is 2. The van der Waals surface area contributed by atoms with Crippen LogP contribution < -0.4 is 81.9 Å². The highest BCUT2D eigenvalue weighted by molar-refractivity contribution is 6.04. The van der Waals surface area contributed by atoms with E-state index in [1.807, 2.05) is 0 Å². The maximum absolute atomic E-state index is 13.5. The van der Waals surface area contributed by atoms with Gasteiger partial charge in [-0.2, -0.15) is 0 Å². The smallest absolute Gasteiger partial charge is 0.255 e. The summed E-state index contributed by atoms with van der Waals surface area (Å²) in [6.07, 6.45) is 1.42. The average Bonchev–Trinajstić information content (AvgIpc) is 3.37. The molecule has 0 fully saturated rings. The Balaban J connectivity index is 0.000000285. The molecule has 410 valence electrons. The summed E-state index contributed by atoms with van der Waals surface area (Å²) in [6.45, 7) is 1.98. The number of ether oxygens (including phenoxy) is 2. The second kappa shape index (κ2) is 28.0. The number of nitrogens with one attached hydrogen (secondary N) is 5. The number of aliphatic hydroxyl groups excluding tert-OH is 1. The van der Waals surface area contributed by atoms with E-state index >= 15 is 0 Å². The number of guanidine groups is 2. The SMILES string of the molecule is C[C@@H](O)[C@@H]1NC(=O)[C@H](CCCCN)NC(=O)c2cc(N=C(N)N)ccc2OCc2ccc(C(N)=O)cc2NC1=O.NCCCC[C@@H]1NC(=O)c2cc(N=C(N)N)ccc2OCc2ccc(C(N)=O)cc2NC(=O)CCC1=O. The van der Waals surface area contributed by atoms with Crippen molar-refractivity contribution in [1.29, 1.82) is 0 Å². The van der Waals surface area contributed by atoms with E-state index in [9.17, 15) is 43.5 Å². The average molecular weight is 1060 g/mol. The van der Waals surface area contributed by atoms with E-state index in [-0.39, 0.29) is 95.3 Å². The molecule has 0 saturated carbocycles. The number of carbonyl (C=O) groups excluding carboxylic acids is 8. The van der Waals surface area contributed by atoms with Gasteiger partial charge in [0, 0.05) is 46.5 Å². The number of Topliss-reactive ketones (excluding diaryl/α,β-unsaturated/α-hetero) is 1. The third-order valence-corrected chi connectivity index (χ3v) is 11.9. The topological polar surface area (TPSA) is 468 Å². The van der Waals surface area contributed by atoms with Crippen molar-refractivity contribution in [3.8, 4) is 11.5 Å². The summed E-state index contributed by atoms with van der Waals surface area (Å²) in [5, 5.41) is 23.7. The lowest BCUT2D eigenvalue weighted by Crippen LogP contribution is -2.56. The Labute approximate surface area is 442 Å². The molecular weight excluding hydrogens is 999 g/mol. The molecule has 77 heavy (non-hydrogen) atoms. The number of aliphatic hydroxyl groups is 1. The highest BCUT2D eigenvalue weighted by Gasteiger charge is 2.32. The Hall–Kier alpha value is -9.14. The van der Waals surface area contributed by atoms with Gasteiger partial charge < -0.3 is 87.0 Å². The molecule has 2 aliphatic heterocycles. The standard InChI is InChI=1S/C26H34N8O6.C25H31N7O5/c1-13(35)21-25(39)33-19-10-14(22(28)36)5-6-15(19)12-40-20-8-7-16(31-26(29)30)11-17(20)23(37)32-18(24(38)34-21)4-2-3-9-27;26-10-2-1-3-18-20(33)7-9-22(34)31-19-11-14(23(27)35)4-5-15(19)13-37-21-8-6-16(30-25(28)29)12-17(21)24(36)32-18/h5-8,10-11,13,18,21,35H,2-4,9,12,27H2,1H3,(H2,28,36)(H,32,37)(H,33,39)(H,34,38)(H4,29,30,31);4-6,8,11-12,18H,1-3,7,9-10,13,26H2,(H2,27,35)(H,31,34)(H,32,36)(H4,28,29,30)/t13-,18+,21+;18-/m10/s1. The summed E-state index contributed by atoms with van der Waals surface area (Å²) in [5.74, 6) is -4.85. The van der Waals surface area contributed by atoms with Gasteiger partial charge in [-0.1, -0.05) is 12.1 Å². The minimum absolute atomic E-state index is 0.0441. The van der Waals surface area contributed by atoms with Crippen LogP contribution in [0.4, 0.5) is 22.7 Å². The Morgan fingerprint density at radius 3 is 1.52 bits per heavy atom. The van der Waals surface area contributed by atoms with E-state index in [0.717, 1.165) is 0 Å². The molecule has 4 atom stereocenters. The first kappa shape index (κ1) is 58.7. The van der Waals surface area contributed by atoms with Crippen molar-refractivity contribution in [2.75, 3.05) is 23.7 Å². The molecule has 0 saturated heterocycles. The first-order valence-electron chi connectivity index (χ1n) is 24.4. The Morgan fingerprint density at radius 2 is 1.06 bits per heavy atom. The van der Waals surface area contributed by atoms with Crippen LogP contribution in [0.2, 0.25) is 0 Å². The number of ketones is 1. The van der Waals surface area contributed by atoms with Crippen LogP contribution in [0, 0.1) is 0 Å². The zero-order valence-corrected chi connectivity index (χ0v) is 42.3. The molecule has 22 N–H and O–H groups in total. The molecule has 6 rings (SSSR count). The van der Waals surface area contributed by atoms with Gasteiger partial charge >= 0.3 is 0 Å². The number of rotatable bonds is 13. The normalized spacial score (nSPS) is 17.4. The van der Waals surface area contributed by atoms with Crippen LogP contribution in [0.3, 0.4) is 0 Å². The number of hydrogen-bond donors (Lipinski definition) is 14. The number of unbranched alkanes of at least 4 members (excludes halogenated alkanes) is 2. The predicted molar refractivity (Wildman–Crippen MR) is 286 cm³/mol. The van der Waals surface area contributed by atoms with Crippen molar-refractivity contribution in [1.82, 2.24) is 16.0 Å². The Kier molecular flexibility index (Phi) is 21.3. The third kappa shape index (κ3) is 17.2. The molecule has 0 bridgehead atoms. The molecule has 7 amide bonds. The van der Waals surface area contributed by atoms with Crippen molar-refractivity contribution in [2.45, 2.75) is 95.7 Å². The number of anilines is 2. The van der Waals surface area contributed by atoms with Gasteiger partial charge in [0.1, 0.15) is 36.8 Å². The number of fused-ring (bicyclic) bond motifs is 4. The Bertz CT molecular complexity index is 2920. The zero-order chi connectivity index (χ0) is 56.3. The molecule has 0 aliphatic carbocycles. The van der Waals surface area contributed by atoms with Gasteiger partial charge in [0.2, 0.25) is 29.5 Å². The molecule has 0 radical (unpaired) electrons. The maximum atomic E-state index is 13.5. The number of amides is 7. The van der Waals surface area contributed by atoms with Gasteiger partial charge in [0.15, 0.2) is 17.7 Å². The number of primary amides is 2. The number of hydrogen-bond acceptors (Lipinski definition) is 15. The Morgan fingerprint density at radius 1 is 0.597 bits per heavy atom.